The van der Waals surface area contributed by atoms with Crippen molar-refractivity contribution in [2.45, 2.75) is 19.7 Å². The fourth-order valence-corrected chi connectivity index (χ4v) is 1.51. The second kappa shape index (κ2) is 6.11. The predicted molar refractivity (Wildman–Crippen MR) is 62.2 cm³/mol. The Hall–Kier alpha value is -1.95. The maximum atomic E-state index is 11.9. The van der Waals surface area contributed by atoms with E-state index in [1.54, 1.807) is 18.3 Å². The van der Waals surface area contributed by atoms with Crippen LogP contribution in [0, 0.1) is 0 Å². The van der Waals surface area contributed by atoms with Gasteiger partial charge in [0.15, 0.2) is 0 Å². The Kier molecular flexibility index (Phi) is 4.25. The number of ether oxygens (including phenoxy) is 1. The van der Waals surface area contributed by atoms with E-state index < -0.39 is 6.61 Å². The van der Waals surface area contributed by atoms with Crippen LogP contribution in [0.5, 0.6) is 5.75 Å². The zero-order valence-corrected chi connectivity index (χ0v) is 9.57. The SMILES string of the molecule is FC(F)Oc1ccc(CNCc2cn[nH]c2)cc1. The van der Waals surface area contributed by atoms with Gasteiger partial charge in [0, 0.05) is 24.8 Å². The van der Waals surface area contributed by atoms with Gasteiger partial charge in [-0.3, -0.25) is 5.10 Å². The minimum atomic E-state index is -2.78. The lowest BCUT2D eigenvalue weighted by molar-refractivity contribution is -0.0498. The van der Waals surface area contributed by atoms with Crippen molar-refractivity contribution in [2.24, 2.45) is 0 Å². The highest BCUT2D eigenvalue weighted by atomic mass is 19.3. The van der Waals surface area contributed by atoms with Crippen LogP contribution >= 0.6 is 0 Å². The summed E-state index contributed by atoms with van der Waals surface area (Å²) in [6.45, 7) is -1.43. The average molecular weight is 253 g/mol. The Bertz CT molecular complexity index is 457. The summed E-state index contributed by atoms with van der Waals surface area (Å²) in [7, 11) is 0. The van der Waals surface area contributed by atoms with E-state index in [9.17, 15) is 8.78 Å². The zero-order valence-electron chi connectivity index (χ0n) is 9.57. The van der Waals surface area contributed by atoms with Gasteiger partial charge in [-0.2, -0.15) is 13.9 Å². The van der Waals surface area contributed by atoms with Crippen LogP contribution < -0.4 is 10.1 Å². The van der Waals surface area contributed by atoms with E-state index >= 15 is 0 Å². The first kappa shape index (κ1) is 12.5. The fourth-order valence-electron chi connectivity index (χ4n) is 1.51. The Morgan fingerprint density at radius 1 is 1.17 bits per heavy atom. The number of hydrogen-bond donors (Lipinski definition) is 2. The van der Waals surface area contributed by atoms with Crippen LogP contribution in [0.1, 0.15) is 11.1 Å². The number of aromatic amines is 1. The third-order valence-electron chi connectivity index (χ3n) is 2.36. The van der Waals surface area contributed by atoms with Gasteiger partial charge in [0.1, 0.15) is 5.75 Å². The van der Waals surface area contributed by atoms with Gasteiger partial charge in [-0.1, -0.05) is 12.1 Å². The molecule has 18 heavy (non-hydrogen) atoms. The molecule has 1 aromatic heterocycles. The number of H-pyrrole nitrogens is 1. The lowest BCUT2D eigenvalue weighted by Crippen LogP contribution is -2.12. The number of alkyl halides is 2. The first-order valence-electron chi connectivity index (χ1n) is 5.46. The van der Waals surface area contributed by atoms with E-state index in [1.165, 1.54) is 12.1 Å². The molecule has 4 nitrogen and oxygen atoms in total. The minimum Gasteiger partial charge on any atom is -0.435 e. The van der Waals surface area contributed by atoms with Gasteiger partial charge in [-0.25, -0.2) is 0 Å². The molecule has 0 spiro atoms. The summed E-state index contributed by atoms with van der Waals surface area (Å²) in [6.07, 6.45) is 3.55. The normalized spacial score (nSPS) is 10.8. The Balaban J connectivity index is 1.79. The van der Waals surface area contributed by atoms with Crippen molar-refractivity contribution >= 4 is 0 Å². The smallest absolute Gasteiger partial charge is 0.387 e. The van der Waals surface area contributed by atoms with Crippen molar-refractivity contribution in [3.8, 4) is 5.75 Å². The topological polar surface area (TPSA) is 49.9 Å². The van der Waals surface area contributed by atoms with Crippen LogP contribution in [0.2, 0.25) is 0 Å². The van der Waals surface area contributed by atoms with Crippen molar-refractivity contribution in [1.29, 1.82) is 0 Å². The maximum absolute atomic E-state index is 11.9. The first-order chi connectivity index (χ1) is 8.74. The Morgan fingerprint density at radius 3 is 2.50 bits per heavy atom. The molecule has 96 valence electrons. The number of hydrogen-bond acceptors (Lipinski definition) is 3. The molecule has 2 N–H and O–H groups in total. The number of rotatable bonds is 6. The number of benzene rings is 1. The second-order valence-electron chi connectivity index (χ2n) is 3.73. The Morgan fingerprint density at radius 2 is 1.89 bits per heavy atom. The number of aromatic nitrogens is 2. The monoisotopic (exact) mass is 253 g/mol. The largest absolute Gasteiger partial charge is 0.435 e. The van der Waals surface area contributed by atoms with Crippen molar-refractivity contribution in [3.63, 3.8) is 0 Å². The van der Waals surface area contributed by atoms with Crippen LogP contribution in [0.25, 0.3) is 0 Å². The second-order valence-corrected chi connectivity index (χ2v) is 3.73. The quantitative estimate of drug-likeness (QED) is 0.830. The number of nitrogens with one attached hydrogen (secondary N) is 2. The van der Waals surface area contributed by atoms with Crippen LogP contribution in [-0.4, -0.2) is 16.8 Å². The molecule has 0 aliphatic carbocycles. The summed E-state index contributed by atoms with van der Waals surface area (Å²) in [4.78, 5) is 0. The molecule has 2 aromatic rings. The molecule has 2 rings (SSSR count). The van der Waals surface area contributed by atoms with Crippen molar-refractivity contribution < 1.29 is 13.5 Å². The summed E-state index contributed by atoms with van der Waals surface area (Å²) in [5.41, 5.74) is 2.06. The standard InChI is InChI=1S/C12H13F2N3O/c13-12(14)18-11-3-1-9(2-4-11)5-15-6-10-7-16-17-8-10/h1-4,7-8,12,15H,5-6H2,(H,16,17). The molecule has 0 radical (unpaired) electrons. The summed E-state index contributed by atoms with van der Waals surface area (Å²) >= 11 is 0. The van der Waals surface area contributed by atoms with E-state index in [2.05, 4.69) is 20.3 Å². The van der Waals surface area contributed by atoms with Gasteiger partial charge in [0.2, 0.25) is 0 Å². The molecule has 0 aliphatic rings. The molecule has 0 amide bonds. The highest BCUT2D eigenvalue weighted by Crippen LogP contribution is 2.14. The van der Waals surface area contributed by atoms with Gasteiger partial charge in [0.05, 0.1) is 6.20 Å². The molecule has 1 heterocycles. The van der Waals surface area contributed by atoms with Crippen LogP contribution in [0.4, 0.5) is 8.78 Å². The lowest BCUT2D eigenvalue weighted by atomic mass is 10.2. The molecule has 0 aliphatic heterocycles. The summed E-state index contributed by atoms with van der Waals surface area (Å²) < 4.78 is 28.1. The molecule has 0 unspecified atom stereocenters. The molecular weight excluding hydrogens is 240 g/mol. The van der Waals surface area contributed by atoms with Crippen molar-refractivity contribution in [3.05, 3.63) is 47.8 Å². The molecule has 1 aromatic carbocycles. The van der Waals surface area contributed by atoms with Crippen molar-refractivity contribution in [1.82, 2.24) is 15.5 Å². The summed E-state index contributed by atoms with van der Waals surface area (Å²) in [5.74, 6) is 0.170. The van der Waals surface area contributed by atoms with Crippen LogP contribution in [0.3, 0.4) is 0 Å². The highest BCUT2D eigenvalue weighted by molar-refractivity contribution is 5.27. The molecule has 0 fully saturated rings. The van der Waals surface area contributed by atoms with Gasteiger partial charge >= 0.3 is 6.61 Å². The molecule has 0 saturated carbocycles. The van der Waals surface area contributed by atoms with E-state index in [4.69, 9.17) is 0 Å². The number of nitrogens with zero attached hydrogens (tertiary/aromatic N) is 1. The van der Waals surface area contributed by atoms with Gasteiger partial charge < -0.3 is 10.1 Å². The van der Waals surface area contributed by atoms with E-state index in [1.807, 2.05) is 6.20 Å². The molecule has 6 heteroatoms. The summed E-state index contributed by atoms with van der Waals surface area (Å²) in [6, 6.07) is 6.56. The lowest BCUT2D eigenvalue weighted by Gasteiger charge is -2.06. The van der Waals surface area contributed by atoms with Gasteiger partial charge in [-0.15, -0.1) is 0 Å². The summed E-state index contributed by atoms with van der Waals surface area (Å²) in [5, 5.41) is 9.78. The molecule has 0 atom stereocenters. The van der Waals surface area contributed by atoms with E-state index in [0.717, 1.165) is 11.1 Å². The average Bonchev–Trinajstić information content (AvgIpc) is 2.84. The van der Waals surface area contributed by atoms with E-state index in [-0.39, 0.29) is 5.75 Å². The number of halogens is 2. The molecule has 0 bridgehead atoms. The molecular formula is C12H13F2N3O. The minimum absolute atomic E-state index is 0.170. The highest BCUT2D eigenvalue weighted by Gasteiger charge is 2.03. The predicted octanol–water partition coefficient (Wildman–Crippen LogP) is 2.30. The molecule has 0 saturated heterocycles. The fraction of sp³-hybridized carbons (Fsp3) is 0.250. The maximum Gasteiger partial charge on any atom is 0.387 e. The van der Waals surface area contributed by atoms with Gasteiger partial charge in [0.25, 0.3) is 0 Å². The zero-order chi connectivity index (χ0) is 12.8. The van der Waals surface area contributed by atoms with Gasteiger partial charge in [-0.05, 0) is 17.7 Å². The van der Waals surface area contributed by atoms with E-state index in [0.29, 0.717) is 13.1 Å². The third kappa shape index (κ3) is 3.81. The van der Waals surface area contributed by atoms with Crippen LogP contribution in [-0.2, 0) is 13.1 Å². The van der Waals surface area contributed by atoms with Crippen molar-refractivity contribution in [2.75, 3.05) is 0 Å². The Labute approximate surface area is 103 Å². The third-order valence-corrected chi connectivity index (χ3v) is 2.36. The van der Waals surface area contributed by atoms with Crippen LogP contribution in [0.15, 0.2) is 36.7 Å². The first-order valence-corrected chi connectivity index (χ1v) is 5.46.